The summed E-state index contributed by atoms with van der Waals surface area (Å²) >= 11 is 6.21. The molecular formula is C17H24Cl2N2O2. The zero-order valence-electron chi connectivity index (χ0n) is 13.7. The molecule has 0 aromatic heterocycles. The number of benzene rings is 1. The summed E-state index contributed by atoms with van der Waals surface area (Å²) in [5.41, 5.74) is 6.92. The maximum Gasteiger partial charge on any atom is 0.245 e. The molecule has 4 nitrogen and oxygen atoms in total. The van der Waals surface area contributed by atoms with Crippen molar-refractivity contribution in [2.45, 2.75) is 45.3 Å². The molecule has 2 fully saturated rings. The predicted molar refractivity (Wildman–Crippen MR) is 95.2 cm³/mol. The molecule has 3 atom stereocenters. The van der Waals surface area contributed by atoms with Crippen LogP contribution in [0.15, 0.2) is 18.2 Å². The maximum absolute atomic E-state index is 12.9. The number of rotatable bonds is 2. The van der Waals surface area contributed by atoms with Crippen molar-refractivity contribution in [1.29, 1.82) is 0 Å². The van der Waals surface area contributed by atoms with E-state index in [1.54, 1.807) is 0 Å². The van der Waals surface area contributed by atoms with Crippen molar-refractivity contribution in [2.24, 2.45) is 17.1 Å². The van der Waals surface area contributed by atoms with Gasteiger partial charge in [-0.15, -0.1) is 12.4 Å². The third kappa shape index (κ3) is 2.66. The summed E-state index contributed by atoms with van der Waals surface area (Å²) in [5.74, 6) is -0.101. The number of amides is 1. The summed E-state index contributed by atoms with van der Waals surface area (Å²) in [4.78, 5) is 12.9. The topological polar surface area (TPSA) is 64.4 Å². The van der Waals surface area contributed by atoms with Crippen molar-refractivity contribution in [3.05, 3.63) is 28.8 Å². The number of aryl methyl sites for hydroxylation is 1. The van der Waals surface area contributed by atoms with Gasteiger partial charge in [0.15, 0.2) is 0 Å². The molecule has 3 N–H and O–H groups in total. The molecule has 3 rings (SSSR count). The lowest BCUT2D eigenvalue weighted by Crippen LogP contribution is -2.81. The molecule has 0 bridgehead atoms. The molecule has 2 aliphatic rings. The van der Waals surface area contributed by atoms with E-state index in [1.807, 2.05) is 39.0 Å². The van der Waals surface area contributed by atoms with E-state index in [0.717, 1.165) is 25.0 Å². The van der Waals surface area contributed by atoms with Gasteiger partial charge in [0.1, 0.15) is 5.54 Å². The fraction of sp³-hybridized carbons (Fsp3) is 0.588. The van der Waals surface area contributed by atoms with Gasteiger partial charge in [0, 0.05) is 17.9 Å². The standard InChI is InChI=1S/C17H23ClN2O2.ClH/c1-10-6-7-13(12(18)9-10)20-15(21)17(19)11-5-4-8-22-14(11)16(17,2)3;/h6-7,9,11,14H,4-5,8,19H2,1-3H3,(H,20,21);1H. The van der Waals surface area contributed by atoms with Gasteiger partial charge in [-0.05, 0) is 37.5 Å². The molecule has 6 heteroatoms. The van der Waals surface area contributed by atoms with Gasteiger partial charge >= 0.3 is 0 Å². The first kappa shape index (κ1) is 18.5. The highest BCUT2D eigenvalue weighted by atomic mass is 35.5. The van der Waals surface area contributed by atoms with Crippen molar-refractivity contribution in [3.63, 3.8) is 0 Å². The molecular weight excluding hydrogens is 335 g/mol. The van der Waals surface area contributed by atoms with E-state index in [4.69, 9.17) is 22.1 Å². The highest BCUT2D eigenvalue weighted by Gasteiger charge is 2.70. The fourth-order valence-corrected chi connectivity index (χ4v) is 4.27. The third-order valence-electron chi connectivity index (χ3n) is 5.43. The number of hydrogen-bond donors (Lipinski definition) is 2. The van der Waals surface area contributed by atoms with Crippen LogP contribution >= 0.6 is 24.0 Å². The summed E-state index contributed by atoms with van der Waals surface area (Å²) in [5, 5.41) is 3.45. The molecule has 1 aromatic carbocycles. The van der Waals surface area contributed by atoms with Crippen LogP contribution in [0.25, 0.3) is 0 Å². The number of nitrogens with one attached hydrogen (secondary N) is 1. The lowest BCUT2D eigenvalue weighted by Gasteiger charge is -2.65. The van der Waals surface area contributed by atoms with Crippen molar-refractivity contribution >= 4 is 35.6 Å². The molecule has 128 valence electrons. The minimum atomic E-state index is -0.924. The smallest absolute Gasteiger partial charge is 0.245 e. The van der Waals surface area contributed by atoms with Crippen LogP contribution in [0.1, 0.15) is 32.3 Å². The van der Waals surface area contributed by atoms with Crippen LogP contribution in [0.2, 0.25) is 5.02 Å². The first-order valence-corrected chi connectivity index (χ1v) is 8.14. The Morgan fingerprint density at radius 1 is 1.43 bits per heavy atom. The molecule has 1 aliphatic heterocycles. The summed E-state index contributed by atoms with van der Waals surface area (Å²) in [6, 6.07) is 5.57. The number of hydrogen-bond acceptors (Lipinski definition) is 3. The Balaban J connectivity index is 0.00000192. The summed E-state index contributed by atoms with van der Waals surface area (Å²) in [6.45, 7) is 6.73. The van der Waals surface area contributed by atoms with Gasteiger partial charge in [-0.2, -0.15) is 0 Å². The third-order valence-corrected chi connectivity index (χ3v) is 5.75. The first-order chi connectivity index (χ1) is 10.3. The van der Waals surface area contributed by atoms with Gasteiger partial charge in [0.25, 0.3) is 0 Å². The van der Waals surface area contributed by atoms with Crippen LogP contribution in [-0.2, 0) is 9.53 Å². The van der Waals surface area contributed by atoms with E-state index in [1.165, 1.54) is 0 Å². The molecule has 1 saturated carbocycles. The number of carbonyl (C=O) groups is 1. The largest absolute Gasteiger partial charge is 0.377 e. The summed E-state index contributed by atoms with van der Waals surface area (Å²) in [7, 11) is 0. The van der Waals surface area contributed by atoms with E-state index in [2.05, 4.69) is 5.32 Å². The monoisotopic (exact) mass is 358 g/mol. The second-order valence-electron chi connectivity index (χ2n) is 7.07. The quantitative estimate of drug-likeness (QED) is 0.849. The Kier molecular flexibility index (Phi) is 5.03. The second-order valence-corrected chi connectivity index (χ2v) is 7.48. The molecule has 1 amide bonds. The number of carbonyl (C=O) groups excluding carboxylic acids is 1. The Morgan fingerprint density at radius 2 is 2.13 bits per heavy atom. The van der Waals surface area contributed by atoms with Gasteiger partial charge < -0.3 is 15.8 Å². The van der Waals surface area contributed by atoms with Gasteiger partial charge in [0.05, 0.1) is 16.8 Å². The van der Waals surface area contributed by atoms with Crippen molar-refractivity contribution in [1.82, 2.24) is 0 Å². The van der Waals surface area contributed by atoms with Crippen LogP contribution in [0.3, 0.4) is 0 Å². The van der Waals surface area contributed by atoms with Crippen molar-refractivity contribution < 1.29 is 9.53 Å². The highest BCUT2D eigenvalue weighted by Crippen LogP contribution is 2.57. The fourth-order valence-electron chi connectivity index (χ4n) is 3.98. The lowest BCUT2D eigenvalue weighted by atomic mass is 9.46. The van der Waals surface area contributed by atoms with Crippen LogP contribution in [0.4, 0.5) is 5.69 Å². The van der Waals surface area contributed by atoms with Crippen LogP contribution in [-0.4, -0.2) is 24.2 Å². The molecule has 3 unspecified atom stereocenters. The van der Waals surface area contributed by atoms with E-state index < -0.39 is 5.54 Å². The Morgan fingerprint density at radius 3 is 2.78 bits per heavy atom. The van der Waals surface area contributed by atoms with E-state index >= 15 is 0 Å². The number of nitrogens with two attached hydrogens (primary N) is 1. The molecule has 1 heterocycles. The number of halogens is 2. The maximum atomic E-state index is 12.9. The van der Waals surface area contributed by atoms with Crippen LogP contribution in [0, 0.1) is 18.3 Å². The summed E-state index contributed by atoms with van der Waals surface area (Å²) in [6.07, 6.45) is 1.94. The molecule has 0 radical (unpaired) electrons. The molecule has 0 spiro atoms. The lowest BCUT2D eigenvalue weighted by molar-refractivity contribution is -0.222. The number of anilines is 1. The average Bonchev–Trinajstić information content (AvgIpc) is 2.49. The first-order valence-electron chi connectivity index (χ1n) is 7.76. The van der Waals surface area contributed by atoms with Crippen LogP contribution in [0.5, 0.6) is 0 Å². The Hall–Kier alpha value is -0.810. The Labute approximate surface area is 148 Å². The second kappa shape index (κ2) is 6.25. The van der Waals surface area contributed by atoms with E-state index in [-0.39, 0.29) is 35.8 Å². The number of fused-ring (bicyclic) bond motifs is 1. The highest BCUT2D eigenvalue weighted by molar-refractivity contribution is 6.33. The zero-order valence-corrected chi connectivity index (χ0v) is 15.3. The average molecular weight is 359 g/mol. The van der Waals surface area contributed by atoms with E-state index in [9.17, 15) is 4.79 Å². The van der Waals surface area contributed by atoms with Crippen LogP contribution < -0.4 is 11.1 Å². The molecule has 1 aromatic rings. The van der Waals surface area contributed by atoms with E-state index in [0.29, 0.717) is 10.7 Å². The van der Waals surface area contributed by atoms with Crippen molar-refractivity contribution in [3.8, 4) is 0 Å². The molecule has 1 aliphatic carbocycles. The van der Waals surface area contributed by atoms with Crippen molar-refractivity contribution in [2.75, 3.05) is 11.9 Å². The van der Waals surface area contributed by atoms with Gasteiger partial charge in [-0.3, -0.25) is 4.79 Å². The number of ether oxygens (including phenoxy) is 1. The summed E-state index contributed by atoms with van der Waals surface area (Å²) < 4.78 is 5.84. The normalized spacial score (nSPS) is 31.3. The molecule has 1 saturated heterocycles. The Bertz CT molecular complexity index is 621. The van der Waals surface area contributed by atoms with Gasteiger partial charge in [-0.1, -0.05) is 31.5 Å². The minimum absolute atomic E-state index is 0. The predicted octanol–water partition coefficient (Wildman–Crippen LogP) is 3.54. The molecule has 23 heavy (non-hydrogen) atoms. The SMILES string of the molecule is Cc1ccc(NC(=O)C2(N)C3CCCOC3C2(C)C)c(Cl)c1.Cl. The van der Waals surface area contributed by atoms with Gasteiger partial charge in [-0.25, -0.2) is 0 Å². The van der Waals surface area contributed by atoms with Gasteiger partial charge in [0.2, 0.25) is 5.91 Å². The minimum Gasteiger partial charge on any atom is -0.377 e. The zero-order chi connectivity index (χ0) is 16.1.